The maximum atomic E-state index is 4.30. The fourth-order valence-corrected chi connectivity index (χ4v) is 2.05. The van der Waals surface area contributed by atoms with Crippen LogP contribution in [0.4, 0.5) is 0 Å². The minimum atomic E-state index is 0.996. The normalized spacial score (nSPS) is 16.6. The molecule has 1 N–H and O–H groups in total. The zero-order chi connectivity index (χ0) is 7.94. The fraction of sp³-hybridized carbons (Fsp3) is 0.857. The van der Waals surface area contributed by atoms with E-state index in [0.29, 0.717) is 0 Å². The second kappa shape index (κ2) is 5.77. The molecule has 0 unspecified atom stereocenters. The standard InChI is InChI=1S/C7H14N2S2/c1-10-5-2-3-8-7-9-4-6-11-7/h2-6H2,1H3,(H,8,9). The number of nitrogens with zero attached hydrogens (tertiary/aromatic N) is 1. The molecular formula is C7H14N2S2. The molecule has 0 saturated carbocycles. The van der Waals surface area contributed by atoms with Crippen molar-refractivity contribution in [3.05, 3.63) is 0 Å². The highest BCUT2D eigenvalue weighted by Gasteiger charge is 2.04. The zero-order valence-electron chi connectivity index (χ0n) is 6.80. The van der Waals surface area contributed by atoms with E-state index < -0.39 is 0 Å². The molecule has 1 aliphatic rings. The van der Waals surface area contributed by atoms with Crippen molar-refractivity contribution in [3.63, 3.8) is 0 Å². The molecule has 11 heavy (non-hydrogen) atoms. The Bertz CT molecular complexity index is 136. The molecule has 0 bridgehead atoms. The molecule has 0 aliphatic carbocycles. The highest BCUT2D eigenvalue weighted by Crippen LogP contribution is 2.08. The van der Waals surface area contributed by atoms with Gasteiger partial charge in [-0.25, -0.2) is 0 Å². The third-order valence-electron chi connectivity index (χ3n) is 1.39. The van der Waals surface area contributed by atoms with Gasteiger partial charge < -0.3 is 5.32 Å². The van der Waals surface area contributed by atoms with Crippen molar-refractivity contribution in [2.24, 2.45) is 4.99 Å². The van der Waals surface area contributed by atoms with E-state index in [-0.39, 0.29) is 0 Å². The predicted molar refractivity (Wildman–Crippen MR) is 55.8 cm³/mol. The summed E-state index contributed by atoms with van der Waals surface area (Å²) in [4.78, 5) is 4.30. The van der Waals surface area contributed by atoms with Gasteiger partial charge in [0.15, 0.2) is 5.17 Å². The first kappa shape index (κ1) is 9.26. The Kier molecular flexibility index (Phi) is 4.86. The van der Waals surface area contributed by atoms with Crippen molar-refractivity contribution in [1.29, 1.82) is 0 Å². The Hall–Kier alpha value is 0.170. The van der Waals surface area contributed by atoms with Gasteiger partial charge >= 0.3 is 0 Å². The average molecular weight is 190 g/mol. The summed E-state index contributed by atoms with van der Waals surface area (Å²) in [7, 11) is 0. The Morgan fingerprint density at radius 1 is 1.73 bits per heavy atom. The summed E-state index contributed by atoms with van der Waals surface area (Å²) in [6.45, 7) is 2.07. The lowest BCUT2D eigenvalue weighted by atomic mass is 10.5. The smallest absolute Gasteiger partial charge is 0.156 e. The quantitative estimate of drug-likeness (QED) is 0.679. The molecule has 0 amide bonds. The topological polar surface area (TPSA) is 24.4 Å². The van der Waals surface area contributed by atoms with Gasteiger partial charge in [-0.15, -0.1) is 0 Å². The Labute approximate surface area is 76.6 Å². The summed E-state index contributed by atoms with van der Waals surface area (Å²) in [5.41, 5.74) is 0. The molecule has 0 aromatic rings. The summed E-state index contributed by atoms with van der Waals surface area (Å²) < 4.78 is 0. The summed E-state index contributed by atoms with van der Waals surface area (Å²) in [5, 5.41) is 4.46. The van der Waals surface area contributed by atoms with Crippen LogP contribution >= 0.6 is 23.5 Å². The van der Waals surface area contributed by atoms with E-state index in [1.54, 1.807) is 0 Å². The van der Waals surface area contributed by atoms with Gasteiger partial charge in [-0.05, 0) is 18.4 Å². The van der Waals surface area contributed by atoms with Crippen molar-refractivity contribution in [1.82, 2.24) is 5.32 Å². The average Bonchev–Trinajstić information content (AvgIpc) is 2.50. The first-order valence-corrected chi connectivity index (χ1v) is 6.21. The van der Waals surface area contributed by atoms with Crippen molar-refractivity contribution in [2.75, 3.05) is 30.9 Å². The van der Waals surface area contributed by atoms with E-state index in [4.69, 9.17) is 0 Å². The lowest BCUT2D eigenvalue weighted by Gasteiger charge is -2.02. The SMILES string of the molecule is CSCCCNC1=NCCS1. The summed E-state index contributed by atoms with van der Waals surface area (Å²) in [6.07, 6.45) is 3.38. The maximum Gasteiger partial charge on any atom is 0.156 e. The van der Waals surface area contributed by atoms with Gasteiger partial charge in [-0.3, -0.25) is 4.99 Å². The predicted octanol–water partition coefficient (Wildman–Crippen LogP) is 1.43. The number of amidine groups is 1. The van der Waals surface area contributed by atoms with Crippen LogP contribution in [0.3, 0.4) is 0 Å². The summed E-state index contributed by atoms with van der Waals surface area (Å²) >= 11 is 3.73. The van der Waals surface area contributed by atoms with E-state index in [0.717, 1.165) is 24.0 Å². The van der Waals surface area contributed by atoms with Crippen molar-refractivity contribution in [3.8, 4) is 0 Å². The fourth-order valence-electron chi connectivity index (χ4n) is 0.854. The van der Waals surface area contributed by atoms with Crippen LogP contribution in [0.15, 0.2) is 4.99 Å². The number of hydrogen-bond donors (Lipinski definition) is 1. The highest BCUT2D eigenvalue weighted by molar-refractivity contribution is 8.14. The number of aliphatic imine (C=N–C) groups is 1. The molecule has 0 aromatic heterocycles. The first-order chi connectivity index (χ1) is 5.43. The molecule has 0 fully saturated rings. The Morgan fingerprint density at radius 2 is 2.64 bits per heavy atom. The number of thioether (sulfide) groups is 2. The number of rotatable bonds is 4. The van der Waals surface area contributed by atoms with Crippen LogP contribution in [0.2, 0.25) is 0 Å². The number of nitrogens with one attached hydrogen (secondary N) is 1. The summed E-state index contributed by atoms with van der Waals surface area (Å²) in [6, 6.07) is 0. The van der Waals surface area contributed by atoms with Crippen LogP contribution in [0.25, 0.3) is 0 Å². The van der Waals surface area contributed by atoms with Gasteiger partial charge in [-0.1, -0.05) is 11.8 Å². The second-order valence-corrected chi connectivity index (χ2v) is 4.38. The lowest BCUT2D eigenvalue weighted by Crippen LogP contribution is -2.20. The second-order valence-electron chi connectivity index (χ2n) is 2.31. The lowest BCUT2D eigenvalue weighted by molar-refractivity contribution is 0.854. The summed E-state index contributed by atoms with van der Waals surface area (Å²) in [5.74, 6) is 2.40. The van der Waals surface area contributed by atoms with Gasteiger partial charge in [0.2, 0.25) is 0 Å². The van der Waals surface area contributed by atoms with Crippen molar-refractivity contribution >= 4 is 28.7 Å². The van der Waals surface area contributed by atoms with E-state index in [1.807, 2.05) is 23.5 Å². The third kappa shape index (κ3) is 3.91. The molecule has 0 atom stereocenters. The van der Waals surface area contributed by atoms with Crippen LogP contribution in [0.1, 0.15) is 6.42 Å². The first-order valence-electron chi connectivity index (χ1n) is 3.83. The Balaban J connectivity index is 1.94. The van der Waals surface area contributed by atoms with Crippen LogP contribution in [-0.2, 0) is 0 Å². The molecule has 64 valence electrons. The molecule has 0 saturated heterocycles. The minimum Gasteiger partial charge on any atom is -0.365 e. The van der Waals surface area contributed by atoms with E-state index in [1.165, 1.54) is 12.2 Å². The van der Waals surface area contributed by atoms with E-state index >= 15 is 0 Å². The molecule has 1 heterocycles. The monoisotopic (exact) mass is 190 g/mol. The largest absolute Gasteiger partial charge is 0.365 e. The molecule has 0 aromatic carbocycles. The van der Waals surface area contributed by atoms with Gasteiger partial charge in [-0.2, -0.15) is 11.8 Å². The molecular weight excluding hydrogens is 176 g/mol. The number of hydrogen-bond acceptors (Lipinski definition) is 4. The molecule has 2 nitrogen and oxygen atoms in total. The van der Waals surface area contributed by atoms with Crippen molar-refractivity contribution in [2.45, 2.75) is 6.42 Å². The maximum absolute atomic E-state index is 4.30. The molecule has 0 radical (unpaired) electrons. The van der Waals surface area contributed by atoms with Crippen LogP contribution in [0, 0.1) is 0 Å². The van der Waals surface area contributed by atoms with Crippen LogP contribution in [0.5, 0.6) is 0 Å². The Morgan fingerprint density at radius 3 is 3.27 bits per heavy atom. The van der Waals surface area contributed by atoms with Crippen molar-refractivity contribution < 1.29 is 0 Å². The molecule has 4 heteroatoms. The van der Waals surface area contributed by atoms with E-state index in [2.05, 4.69) is 16.6 Å². The van der Waals surface area contributed by atoms with Crippen LogP contribution in [-0.4, -0.2) is 36.0 Å². The minimum absolute atomic E-state index is 0.996. The van der Waals surface area contributed by atoms with Gasteiger partial charge in [0.05, 0.1) is 6.54 Å². The van der Waals surface area contributed by atoms with Crippen LogP contribution < -0.4 is 5.32 Å². The van der Waals surface area contributed by atoms with Gasteiger partial charge in [0.25, 0.3) is 0 Å². The van der Waals surface area contributed by atoms with E-state index in [9.17, 15) is 0 Å². The third-order valence-corrected chi connectivity index (χ3v) is 3.02. The van der Waals surface area contributed by atoms with Gasteiger partial charge in [0.1, 0.15) is 0 Å². The molecule has 1 rings (SSSR count). The molecule has 1 aliphatic heterocycles. The zero-order valence-corrected chi connectivity index (χ0v) is 8.43. The van der Waals surface area contributed by atoms with Gasteiger partial charge in [0, 0.05) is 12.3 Å². The highest BCUT2D eigenvalue weighted by atomic mass is 32.2. The molecule has 0 spiro atoms.